The lowest BCUT2D eigenvalue weighted by Gasteiger charge is -2.48. The summed E-state index contributed by atoms with van der Waals surface area (Å²) in [5, 5.41) is 53.6. The van der Waals surface area contributed by atoms with Crippen molar-refractivity contribution in [3.05, 3.63) is 60.7 Å². The first kappa shape index (κ1) is 39.3. The smallest absolute Gasteiger partial charge is 0.397 e. The standard InChI is InChI=1S/C28H39NO17S2Si/c1-28(2,3)49(15-10-6-4-7-11-15,16-12-8-5-9-13-16)42-14-17-22(19(30)18(26(35)43-17)29-47(36,37)38)44-27-24(46-48(39,40)41)21(32)20(31)23(45-27)25(33)34/h4-13,17-24,26-27,29-32,35H,14H2,1-3H3,(H,33,34)(H,36,37,38)(H,39,40,41)/t17-,18-,19-,20+,21+,22-,23-,24-,26-,27-/m1/s1. The number of carbonyl (C=O) groups is 1. The van der Waals surface area contributed by atoms with Gasteiger partial charge in [0.2, 0.25) is 0 Å². The number of hydrogen-bond acceptors (Lipinski definition) is 14. The van der Waals surface area contributed by atoms with E-state index < -0.39 is 108 Å². The first-order chi connectivity index (χ1) is 22.7. The van der Waals surface area contributed by atoms with Crippen molar-refractivity contribution in [2.24, 2.45) is 0 Å². The molecule has 10 atom stereocenters. The number of carboxylic acid groups (broad SMARTS) is 1. The third kappa shape index (κ3) is 8.89. The van der Waals surface area contributed by atoms with Gasteiger partial charge in [-0.25, -0.2) is 8.98 Å². The van der Waals surface area contributed by atoms with Crippen molar-refractivity contribution in [2.75, 3.05) is 6.61 Å². The van der Waals surface area contributed by atoms with E-state index in [-0.39, 0.29) is 0 Å². The lowest BCUT2D eigenvalue weighted by Crippen LogP contribution is -2.70. The minimum Gasteiger partial charge on any atom is -0.479 e. The number of aliphatic hydroxyl groups is 4. The van der Waals surface area contributed by atoms with Gasteiger partial charge in [0.1, 0.15) is 36.6 Å². The maximum absolute atomic E-state index is 11.8. The van der Waals surface area contributed by atoms with Crippen LogP contribution in [0, 0.1) is 0 Å². The zero-order valence-electron chi connectivity index (χ0n) is 26.3. The largest absolute Gasteiger partial charge is 0.479 e. The Bertz CT molecular complexity index is 1600. The molecule has 0 aliphatic carbocycles. The van der Waals surface area contributed by atoms with Crippen LogP contribution in [-0.2, 0) is 48.3 Å². The summed E-state index contributed by atoms with van der Waals surface area (Å²) >= 11 is 0. The zero-order valence-corrected chi connectivity index (χ0v) is 28.9. The molecule has 2 aliphatic rings. The summed E-state index contributed by atoms with van der Waals surface area (Å²) in [5.74, 6) is -1.83. The molecule has 49 heavy (non-hydrogen) atoms. The van der Waals surface area contributed by atoms with Gasteiger partial charge in [0.25, 0.3) is 8.32 Å². The molecule has 0 spiro atoms. The number of aliphatic hydroxyl groups excluding tert-OH is 4. The second kappa shape index (κ2) is 15.0. The van der Waals surface area contributed by atoms with E-state index in [1.165, 1.54) is 0 Å². The summed E-state index contributed by atoms with van der Waals surface area (Å²) in [4.78, 5) is 11.8. The topological polar surface area (TPSA) is 285 Å². The van der Waals surface area contributed by atoms with Crippen LogP contribution in [-0.4, -0.2) is 134 Å². The summed E-state index contributed by atoms with van der Waals surface area (Å²) in [6, 6.07) is 16.3. The van der Waals surface area contributed by atoms with Gasteiger partial charge >= 0.3 is 26.7 Å². The molecule has 21 heteroatoms. The Labute approximate surface area is 283 Å². The van der Waals surface area contributed by atoms with E-state index in [1.807, 2.05) is 81.4 Å². The van der Waals surface area contributed by atoms with Crippen LogP contribution in [0.1, 0.15) is 20.8 Å². The van der Waals surface area contributed by atoms with Crippen LogP contribution in [0.5, 0.6) is 0 Å². The minimum atomic E-state index is -5.43. The number of ether oxygens (including phenoxy) is 3. The van der Waals surface area contributed by atoms with E-state index in [0.29, 0.717) is 0 Å². The zero-order chi connectivity index (χ0) is 36.5. The monoisotopic (exact) mass is 753 g/mol. The third-order valence-corrected chi connectivity index (χ3v) is 14.2. The molecule has 0 saturated carbocycles. The van der Waals surface area contributed by atoms with Crippen LogP contribution in [0.25, 0.3) is 0 Å². The lowest BCUT2D eigenvalue weighted by atomic mass is 9.96. The first-order valence-electron chi connectivity index (χ1n) is 14.7. The van der Waals surface area contributed by atoms with E-state index in [9.17, 15) is 56.3 Å². The Hall–Kier alpha value is -2.45. The lowest BCUT2D eigenvalue weighted by molar-refractivity contribution is -0.336. The molecule has 2 fully saturated rings. The van der Waals surface area contributed by atoms with Crippen LogP contribution in [0.2, 0.25) is 5.04 Å². The van der Waals surface area contributed by atoms with Crippen LogP contribution >= 0.6 is 0 Å². The molecule has 2 aliphatic heterocycles. The SMILES string of the molecule is CC(C)(C)[Si](OC[C@H]1O[C@@H](O)[C@H](NS(=O)(=O)O)[C@@H](O)[C@@H]1O[C@@H]1O[C@@H](C(=O)O)[C@@H](O)[C@H](O)[C@H]1OS(=O)(=O)O)(c1ccccc1)c1ccccc1. The van der Waals surface area contributed by atoms with Gasteiger partial charge in [-0.2, -0.15) is 21.6 Å². The molecule has 0 unspecified atom stereocenters. The van der Waals surface area contributed by atoms with Crippen LogP contribution in [0.15, 0.2) is 60.7 Å². The summed E-state index contributed by atoms with van der Waals surface area (Å²) in [6.45, 7) is 5.30. The number of benzene rings is 2. The fraction of sp³-hybridized carbons (Fsp3) is 0.536. The Balaban J connectivity index is 1.79. The van der Waals surface area contributed by atoms with Gasteiger partial charge in [-0.15, -0.1) is 0 Å². The summed E-state index contributed by atoms with van der Waals surface area (Å²) in [5.41, 5.74) is 0. The van der Waals surface area contributed by atoms with Crippen molar-refractivity contribution in [3.63, 3.8) is 0 Å². The molecule has 2 heterocycles. The van der Waals surface area contributed by atoms with Gasteiger partial charge in [-0.05, 0) is 15.4 Å². The molecule has 274 valence electrons. The number of nitrogens with one attached hydrogen (secondary N) is 1. The second-order valence-electron chi connectivity index (χ2n) is 12.5. The highest BCUT2D eigenvalue weighted by atomic mass is 32.3. The summed E-state index contributed by atoms with van der Waals surface area (Å²) in [7, 11) is -13.9. The van der Waals surface area contributed by atoms with Crippen molar-refractivity contribution >= 4 is 45.4 Å². The molecule has 18 nitrogen and oxygen atoms in total. The highest BCUT2D eigenvalue weighted by Crippen LogP contribution is 2.38. The van der Waals surface area contributed by atoms with E-state index in [4.69, 9.17) is 18.6 Å². The Morgan fingerprint density at radius 2 is 1.37 bits per heavy atom. The van der Waals surface area contributed by atoms with E-state index >= 15 is 0 Å². The van der Waals surface area contributed by atoms with Crippen LogP contribution < -0.4 is 15.1 Å². The van der Waals surface area contributed by atoms with E-state index in [1.54, 1.807) is 4.72 Å². The molecule has 2 saturated heterocycles. The molecule has 8 N–H and O–H groups in total. The van der Waals surface area contributed by atoms with Crippen molar-refractivity contribution in [1.82, 2.24) is 4.72 Å². The fourth-order valence-corrected chi connectivity index (χ4v) is 11.7. The first-order valence-corrected chi connectivity index (χ1v) is 19.4. The highest BCUT2D eigenvalue weighted by molar-refractivity contribution is 7.83. The fourth-order valence-electron chi connectivity index (χ4n) is 6.05. The molecule has 2 aromatic rings. The van der Waals surface area contributed by atoms with Gasteiger partial charge in [0, 0.05) is 0 Å². The molecule has 0 amide bonds. The predicted octanol–water partition coefficient (Wildman–Crippen LogP) is -2.49. The quantitative estimate of drug-likeness (QED) is 0.0822. The van der Waals surface area contributed by atoms with Crippen molar-refractivity contribution < 1.29 is 79.1 Å². The average molecular weight is 754 g/mol. The second-order valence-corrected chi connectivity index (χ2v) is 19.0. The summed E-state index contributed by atoms with van der Waals surface area (Å²) in [6.07, 6.45) is -19.5. The minimum absolute atomic E-state index is 0.519. The number of hydrogen-bond donors (Lipinski definition) is 8. The molecule has 2 aromatic carbocycles. The maximum Gasteiger partial charge on any atom is 0.397 e. The van der Waals surface area contributed by atoms with E-state index in [2.05, 4.69) is 4.18 Å². The Morgan fingerprint density at radius 1 is 0.837 bits per heavy atom. The highest BCUT2D eigenvalue weighted by Gasteiger charge is 2.56. The molecule has 0 radical (unpaired) electrons. The molecular formula is C28H39NO17S2Si. The Kier molecular flexibility index (Phi) is 12.1. The molecule has 0 aromatic heterocycles. The van der Waals surface area contributed by atoms with Gasteiger partial charge in [-0.3, -0.25) is 9.11 Å². The summed E-state index contributed by atoms with van der Waals surface area (Å²) < 4.78 is 94.9. The number of rotatable bonds is 12. The molecular weight excluding hydrogens is 715 g/mol. The van der Waals surface area contributed by atoms with E-state index in [0.717, 1.165) is 10.4 Å². The molecule has 0 bridgehead atoms. The van der Waals surface area contributed by atoms with Crippen molar-refractivity contribution in [2.45, 2.75) is 87.2 Å². The van der Waals surface area contributed by atoms with Crippen molar-refractivity contribution in [3.8, 4) is 0 Å². The average Bonchev–Trinajstić information content (AvgIpc) is 3.00. The number of carboxylic acids is 1. The normalized spacial score (nSPS) is 31.7. The van der Waals surface area contributed by atoms with Crippen LogP contribution in [0.4, 0.5) is 0 Å². The Morgan fingerprint density at radius 3 is 1.82 bits per heavy atom. The predicted molar refractivity (Wildman–Crippen MR) is 169 cm³/mol. The number of aliphatic carboxylic acids is 1. The van der Waals surface area contributed by atoms with Gasteiger partial charge < -0.3 is 44.2 Å². The molecule has 4 rings (SSSR count). The van der Waals surface area contributed by atoms with Gasteiger partial charge in [0.15, 0.2) is 24.8 Å². The van der Waals surface area contributed by atoms with Gasteiger partial charge in [-0.1, -0.05) is 81.4 Å². The van der Waals surface area contributed by atoms with Crippen LogP contribution in [0.3, 0.4) is 0 Å². The van der Waals surface area contributed by atoms with Crippen molar-refractivity contribution in [1.29, 1.82) is 0 Å². The third-order valence-electron chi connectivity index (χ3n) is 8.17. The van der Waals surface area contributed by atoms with Gasteiger partial charge in [0.05, 0.1) is 6.61 Å². The maximum atomic E-state index is 11.8.